The van der Waals surface area contributed by atoms with Crippen LogP contribution in [-0.2, 0) is 13.0 Å². The van der Waals surface area contributed by atoms with Crippen molar-refractivity contribution < 1.29 is 9.47 Å². The van der Waals surface area contributed by atoms with Crippen molar-refractivity contribution in [2.75, 3.05) is 14.2 Å². The maximum absolute atomic E-state index is 13.2. The van der Waals surface area contributed by atoms with E-state index in [2.05, 4.69) is 10.1 Å². The standard InChI is InChI=1S/C25H21ClN4O3/c1-32-22-8-3-16(13-23(22)33-2)9-11-29-12-10-21-20(25(29)31)14-27-24-19(15-28-30(21)24)17-4-6-18(26)7-5-17/h3-8,10,12-15H,9,11H2,1-2H3. The first-order chi connectivity index (χ1) is 16.1. The molecule has 8 heteroatoms. The number of aromatic nitrogens is 4. The van der Waals surface area contributed by atoms with Gasteiger partial charge < -0.3 is 14.0 Å². The number of ether oxygens (including phenoxy) is 2. The quantitative estimate of drug-likeness (QED) is 0.369. The SMILES string of the molecule is COc1ccc(CCn2ccc3c(cnc4c(-c5ccc(Cl)cc5)cnn43)c2=O)cc1OC. The van der Waals surface area contributed by atoms with Gasteiger partial charge in [-0.3, -0.25) is 4.79 Å². The Hall–Kier alpha value is -3.84. The van der Waals surface area contributed by atoms with E-state index < -0.39 is 0 Å². The number of hydrogen-bond donors (Lipinski definition) is 0. The number of fused-ring (bicyclic) bond motifs is 3. The Morgan fingerprint density at radius 2 is 1.76 bits per heavy atom. The Balaban J connectivity index is 1.47. The summed E-state index contributed by atoms with van der Waals surface area (Å²) in [6.07, 6.45) is 5.85. The number of halogens is 1. The highest BCUT2D eigenvalue weighted by molar-refractivity contribution is 6.30. The highest BCUT2D eigenvalue weighted by Crippen LogP contribution is 2.28. The van der Waals surface area contributed by atoms with E-state index in [1.807, 2.05) is 48.5 Å². The Kier molecular flexibility index (Phi) is 5.48. The van der Waals surface area contributed by atoms with Gasteiger partial charge in [0.1, 0.15) is 0 Å². The van der Waals surface area contributed by atoms with Crippen LogP contribution in [0.15, 0.2) is 71.9 Å². The average Bonchev–Trinajstić information content (AvgIpc) is 3.28. The van der Waals surface area contributed by atoms with Gasteiger partial charge in [-0.15, -0.1) is 0 Å². The number of benzene rings is 2. The van der Waals surface area contributed by atoms with Gasteiger partial charge in [-0.2, -0.15) is 5.10 Å². The molecule has 0 saturated carbocycles. The highest BCUT2D eigenvalue weighted by atomic mass is 35.5. The highest BCUT2D eigenvalue weighted by Gasteiger charge is 2.13. The molecule has 33 heavy (non-hydrogen) atoms. The van der Waals surface area contributed by atoms with E-state index in [9.17, 15) is 4.79 Å². The van der Waals surface area contributed by atoms with Crippen LogP contribution in [0.25, 0.3) is 27.7 Å². The van der Waals surface area contributed by atoms with Crippen LogP contribution in [-0.4, -0.2) is 33.4 Å². The van der Waals surface area contributed by atoms with Crippen molar-refractivity contribution in [3.63, 3.8) is 0 Å². The molecule has 0 aliphatic heterocycles. The second-order valence-corrected chi connectivity index (χ2v) is 8.05. The smallest absolute Gasteiger partial charge is 0.261 e. The van der Waals surface area contributed by atoms with Gasteiger partial charge in [0.05, 0.1) is 31.3 Å². The summed E-state index contributed by atoms with van der Waals surface area (Å²) in [4.78, 5) is 17.7. The first kappa shape index (κ1) is 21.0. The van der Waals surface area contributed by atoms with Crippen molar-refractivity contribution in [1.82, 2.24) is 19.2 Å². The van der Waals surface area contributed by atoms with Crippen LogP contribution in [0.2, 0.25) is 5.02 Å². The average molecular weight is 461 g/mol. The van der Waals surface area contributed by atoms with E-state index in [0.717, 1.165) is 16.7 Å². The van der Waals surface area contributed by atoms with E-state index in [1.54, 1.807) is 41.9 Å². The summed E-state index contributed by atoms with van der Waals surface area (Å²) in [6, 6.07) is 15.2. The molecule has 3 heterocycles. The number of methoxy groups -OCH3 is 2. The largest absolute Gasteiger partial charge is 0.493 e. The lowest BCUT2D eigenvalue weighted by molar-refractivity contribution is 0.354. The molecule has 7 nitrogen and oxygen atoms in total. The zero-order valence-corrected chi connectivity index (χ0v) is 18.9. The van der Waals surface area contributed by atoms with E-state index in [-0.39, 0.29) is 5.56 Å². The van der Waals surface area contributed by atoms with Crippen LogP contribution in [0.5, 0.6) is 11.5 Å². The van der Waals surface area contributed by atoms with E-state index in [1.165, 1.54) is 0 Å². The van der Waals surface area contributed by atoms with Gasteiger partial charge >= 0.3 is 0 Å². The van der Waals surface area contributed by atoms with Crippen LogP contribution in [0, 0.1) is 0 Å². The van der Waals surface area contributed by atoms with Crippen molar-refractivity contribution in [3.05, 3.63) is 88.1 Å². The monoisotopic (exact) mass is 460 g/mol. The molecule has 0 amide bonds. The van der Waals surface area contributed by atoms with Gasteiger partial charge in [0.15, 0.2) is 17.1 Å². The summed E-state index contributed by atoms with van der Waals surface area (Å²) in [6.45, 7) is 0.525. The van der Waals surface area contributed by atoms with Crippen LogP contribution in [0.3, 0.4) is 0 Å². The van der Waals surface area contributed by atoms with Crippen LogP contribution >= 0.6 is 11.6 Å². The Bertz CT molecular complexity index is 1520. The zero-order valence-electron chi connectivity index (χ0n) is 18.2. The van der Waals surface area contributed by atoms with Crippen molar-refractivity contribution in [2.45, 2.75) is 13.0 Å². The zero-order chi connectivity index (χ0) is 22.9. The molecule has 3 aromatic heterocycles. The normalized spacial score (nSPS) is 11.2. The molecule has 0 aliphatic carbocycles. The number of pyridine rings is 1. The lowest BCUT2D eigenvalue weighted by atomic mass is 10.1. The lowest BCUT2D eigenvalue weighted by Gasteiger charge is -2.11. The van der Waals surface area contributed by atoms with E-state index >= 15 is 0 Å². The summed E-state index contributed by atoms with van der Waals surface area (Å²) in [5.74, 6) is 1.35. The van der Waals surface area contributed by atoms with Gasteiger partial charge in [-0.05, 0) is 47.9 Å². The number of aryl methyl sites for hydroxylation is 2. The molecule has 5 rings (SSSR count). The second-order valence-electron chi connectivity index (χ2n) is 7.61. The third kappa shape index (κ3) is 3.81. The number of hydrogen-bond acceptors (Lipinski definition) is 5. The summed E-state index contributed by atoms with van der Waals surface area (Å²) >= 11 is 6.01. The van der Waals surface area contributed by atoms with Gasteiger partial charge in [0.2, 0.25) is 0 Å². The summed E-state index contributed by atoms with van der Waals surface area (Å²) in [5, 5.41) is 5.68. The molecule has 0 N–H and O–H groups in total. The second kappa shape index (κ2) is 8.60. The molecule has 0 radical (unpaired) electrons. The Morgan fingerprint density at radius 3 is 2.52 bits per heavy atom. The third-order valence-electron chi connectivity index (χ3n) is 5.71. The van der Waals surface area contributed by atoms with Crippen molar-refractivity contribution in [2.24, 2.45) is 0 Å². The van der Waals surface area contributed by atoms with E-state index in [4.69, 9.17) is 21.1 Å². The minimum atomic E-state index is -0.106. The summed E-state index contributed by atoms with van der Waals surface area (Å²) in [7, 11) is 3.21. The molecule has 0 aliphatic rings. The molecule has 0 spiro atoms. The minimum Gasteiger partial charge on any atom is -0.493 e. The van der Waals surface area contributed by atoms with Gasteiger partial charge in [-0.1, -0.05) is 29.8 Å². The molecule has 166 valence electrons. The molecule has 0 unspecified atom stereocenters. The first-order valence-electron chi connectivity index (χ1n) is 10.4. The fraction of sp³-hybridized carbons (Fsp3) is 0.160. The van der Waals surface area contributed by atoms with Crippen LogP contribution < -0.4 is 15.0 Å². The van der Waals surface area contributed by atoms with E-state index in [0.29, 0.717) is 46.0 Å². The molecule has 0 fully saturated rings. The molecule has 0 atom stereocenters. The lowest BCUT2D eigenvalue weighted by Crippen LogP contribution is -2.21. The fourth-order valence-corrected chi connectivity index (χ4v) is 4.08. The molecule has 5 aromatic rings. The van der Waals surface area contributed by atoms with Gasteiger partial charge in [0, 0.05) is 29.5 Å². The van der Waals surface area contributed by atoms with Crippen LogP contribution in [0.4, 0.5) is 0 Å². The number of rotatable bonds is 6. The van der Waals surface area contributed by atoms with Crippen molar-refractivity contribution >= 4 is 28.2 Å². The maximum atomic E-state index is 13.2. The van der Waals surface area contributed by atoms with Crippen molar-refractivity contribution in [3.8, 4) is 22.6 Å². The molecular formula is C25H21ClN4O3. The number of nitrogens with zero attached hydrogens (tertiary/aromatic N) is 4. The topological polar surface area (TPSA) is 70.6 Å². The molecule has 0 bridgehead atoms. The summed E-state index contributed by atoms with van der Waals surface area (Å²) in [5.41, 5.74) is 4.19. The maximum Gasteiger partial charge on any atom is 0.261 e. The third-order valence-corrected chi connectivity index (χ3v) is 5.96. The Labute approximate surface area is 194 Å². The van der Waals surface area contributed by atoms with Crippen LogP contribution in [0.1, 0.15) is 5.56 Å². The molecule has 0 saturated heterocycles. The minimum absolute atomic E-state index is 0.106. The molecular weight excluding hydrogens is 440 g/mol. The van der Waals surface area contributed by atoms with Gasteiger partial charge in [-0.25, -0.2) is 9.50 Å². The first-order valence-corrected chi connectivity index (χ1v) is 10.8. The van der Waals surface area contributed by atoms with Gasteiger partial charge in [0.25, 0.3) is 5.56 Å². The predicted molar refractivity (Wildman–Crippen MR) is 128 cm³/mol. The summed E-state index contributed by atoms with van der Waals surface area (Å²) < 4.78 is 14.1. The Morgan fingerprint density at radius 1 is 0.970 bits per heavy atom. The fourth-order valence-electron chi connectivity index (χ4n) is 3.95. The predicted octanol–water partition coefficient (Wildman–Crippen LogP) is 4.62. The van der Waals surface area contributed by atoms with Crippen molar-refractivity contribution in [1.29, 1.82) is 0 Å². The molecule has 2 aromatic carbocycles.